The van der Waals surface area contributed by atoms with E-state index in [0.717, 1.165) is 22.5 Å². The topological polar surface area (TPSA) is 55.9 Å². The number of nitrogens with one attached hydrogen (secondary N) is 1. The minimum absolute atomic E-state index is 0.207. The number of hydrogen-bond donors (Lipinski definition) is 1. The molecular formula is C34H27Br2F4N4O2+. The van der Waals surface area contributed by atoms with Crippen molar-refractivity contribution >= 4 is 31.9 Å². The highest BCUT2D eigenvalue weighted by atomic mass is 79.9. The molecule has 0 fully saturated rings. The zero-order valence-corrected chi connectivity index (χ0v) is 27.7. The fourth-order valence-electron chi connectivity index (χ4n) is 4.77. The summed E-state index contributed by atoms with van der Waals surface area (Å²) in [5, 5.41) is 7.57. The Morgan fingerprint density at radius 1 is 0.717 bits per heavy atom. The quantitative estimate of drug-likeness (QED) is 0.125. The van der Waals surface area contributed by atoms with Crippen molar-refractivity contribution in [2.24, 2.45) is 0 Å². The molecule has 2 heterocycles. The Kier molecular flexibility index (Phi) is 10.8. The van der Waals surface area contributed by atoms with Gasteiger partial charge in [0, 0.05) is 40.4 Å². The van der Waals surface area contributed by atoms with Crippen LogP contribution < -0.4 is 4.68 Å². The monoisotopic (exact) mass is 757 g/mol. The number of benzene rings is 4. The summed E-state index contributed by atoms with van der Waals surface area (Å²) in [7, 11) is 3.11. The third kappa shape index (κ3) is 7.47. The summed E-state index contributed by atoms with van der Waals surface area (Å²) in [6.45, 7) is 0.441. The van der Waals surface area contributed by atoms with Gasteiger partial charge in [-0.2, -0.15) is 10.2 Å². The van der Waals surface area contributed by atoms with E-state index in [4.69, 9.17) is 9.47 Å². The van der Waals surface area contributed by atoms with Crippen LogP contribution in [0.5, 0.6) is 0 Å². The highest BCUT2D eigenvalue weighted by molar-refractivity contribution is 9.11. The van der Waals surface area contributed by atoms with E-state index in [9.17, 15) is 17.6 Å². The van der Waals surface area contributed by atoms with Gasteiger partial charge >= 0.3 is 0 Å². The van der Waals surface area contributed by atoms with Crippen LogP contribution in [0.25, 0.3) is 45.0 Å². The summed E-state index contributed by atoms with van der Waals surface area (Å²) in [6, 6.07) is 25.3. The number of nitrogens with zero attached hydrogens (tertiary/aromatic N) is 3. The minimum atomic E-state index is -0.368. The van der Waals surface area contributed by atoms with Gasteiger partial charge in [-0.15, -0.1) is 0 Å². The lowest BCUT2D eigenvalue weighted by atomic mass is 10.1. The number of hydrogen-bond acceptors (Lipinski definition) is 3. The molecule has 46 heavy (non-hydrogen) atoms. The number of H-pyrrole nitrogens is 1. The van der Waals surface area contributed by atoms with E-state index in [-0.39, 0.29) is 36.7 Å². The number of rotatable bonds is 8. The summed E-state index contributed by atoms with van der Waals surface area (Å²) in [5.74, 6) is -1.33. The predicted molar refractivity (Wildman–Crippen MR) is 174 cm³/mol. The van der Waals surface area contributed by atoms with E-state index in [2.05, 4.69) is 42.1 Å². The lowest BCUT2D eigenvalue weighted by Gasteiger charge is -2.05. The Morgan fingerprint density at radius 3 is 1.83 bits per heavy atom. The minimum Gasteiger partial charge on any atom is -0.362 e. The third-order valence-corrected chi connectivity index (χ3v) is 8.17. The summed E-state index contributed by atoms with van der Waals surface area (Å²) in [6.07, 6.45) is 0. The average Bonchev–Trinajstić information content (AvgIpc) is 3.63. The zero-order valence-electron chi connectivity index (χ0n) is 24.6. The van der Waals surface area contributed by atoms with Crippen molar-refractivity contribution in [3.63, 3.8) is 0 Å². The van der Waals surface area contributed by atoms with Crippen LogP contribution in [0.4, 0.5) is 17.6 Å². The molecule has 0 amide bonds. The number of methoxy groups -OCH3 is 2. The van der Waals surface area contributed by atoms with E-state index < -0.39 is 0 Å². The first-order valence-corrected chi connectivity index (χ1v) is 15.4. The normalized spacial score (nSPS) is 11.0. The second-order valence-corrected chi connectivity index (χ2v) is 11.6. The van der Waals surface area contributed by atoms with Gasteiger partial charge in [-0.1, -0.05) is 16.8 Å². The maximum Gasteiger partial charge on any atom is 0.276 e. The summed E-state index contributed by atoms with van der Waals surface area (Å²) in [4.78, 5) is 0. The average molecular weight is 759 g/mol. The molecule has 0 spiro atoms. The lowest BCUT2D eigenvalue weighted by Crippen LogP contribution is -2.38. The van der Waals surface area contributed by atoms with Crippen molar-refractivity contribution in [2.45, 2.75) is 13.5 Å². The Labute approximate surface area is 279 Å². The highest BCUT2D eigenvalue weighted by Crippen LogP contribution is 2.34. The molecule has 0 atom stereocenters. The van der Waals surface area contributed by atoms with Crippen LogP contribution in [0.1, 0.15) is 0 Å². The van der Waals surface area contributed by atoms with Gasteiger partial charge in [0.25, 0.3) is 6.73 Å². The van der Waals surface area contributed by atoms with Gasteiger partial charge in [-0.05, 0) is 111 Å². The van der Waals surface area contributed by atoms with Crippen LogP contribution in [0, 0.1) is 23.3 Å². The van der Waals surface area contributed by atoms with E-state index in [0.29, 0.717) is 31.5 Å². The fourth-order valence-corrected chi connectivity index (χ4v) is 5.86. The second kappa shape index (κ2) is 15.0. The Morgan fingerprint density at radius 2 is 1.28 bits per heavy atom. The first kappa shape index (κ1) is 33.3. The molecule has 6 nitrogen and oxygen atoms in total. The maximum absolute atomic E-state index is 14.3. The Hall–Kier alpha value is -4.10. The Bertz CT molecular complexity index is 1900. The van der Waals surface area contributed by atoms with Crippen molar-refractivity contribution < 1.29 is 31.7 Å². The van der Waals surface area contributed by atoms with Gasteiger partial charge in [0.15, 0.2) is 0 Å². The highest BCUT2D eigenvalue weighted by Gasteiger charge is 2.24. The molecule has 0 bridgehead atoms. The number of aromatic amines is 1. The molecule has 12 heteroatoms. The molecule has 0 aliphatic rings. The lowest BCUT2D eigenvalue weighted by molar-refractivity contribution is -0.770. The van der Waals surface area contributed by atoms with E-state index in [1.807, 2.05) is 6.07 Å². The molecule has 236 valence electrons. The predicted octanol–water partition coefficient (Wildman–Crippen LogP) is 9.14. The van der Waals surface area contributed by atoms with Crippen LogP contribution in [-0.4, -0.2) is 29.1 Å². The first-order valence-electron chi connectivity index (χ1n) is 13.8. The van der Waals surface area contributed by atoms with Crippen molar-refractivity contribution in [1.82, 2.24) is 14.9 Å². The number of ether oxygens (including phenoxy) is 2. The molecule has 6 aromatic rings. The summed E-state index contributed by atoms with van der Waals surface area (Å²) >= 11 is 6.74. The fraction of sp³-hybridized carbons (Fsp3) is 0.118. The van der Waals surface area contributed by atoms with Crippen LogP contribution in [-0.2, 0) is 22.9 Å². The molecule has 0 saturated heterocycles. The molecule has 1 N–H and O–H groups in total. The van der Waals surface area contributed by atoms with Gasteiger partial charge in [-0.25, -0.2) is 22.2 Å². The molecule has 4 aromatic carbocycles. The smallest absolute Gasteiger partial charge is 0.276 e. The van der Waals surface area contributed by atoms with Gasteiger partial charge in [-0.3, -0.25) is 0 Å². The van der Waals surface area contributed by atoms with Crippen LogP contribution in [0.2, 0.25) is 0 Å². The molecule has 0 aliphatic heterocycles. The van der Waals surface area contributed by atoms with E-state index in [1.54, 1.807) is 78.2 Å². The molecule has 6 rings (SSSR count). The molecule has 0 radical (unpaired) electrons. The Balaban J connectivity index is 0.000000181. The van der Waals surface area contributed by atoms with Crippen molar-refractivity contribution in [2.75, 3.05) is 14.2 Å². The van der Waals surface area contributed by atoms with E-state index >= 15 is 0 Å². The number of halogens is 6. The maximum atomic E-state index is 14.3. The molecule has 0 saturated carbocycles. The van der Waals surface area contributed by atoms with Crippen LogP contribution >= 0.6 is 31.9 Å². The second-order valence-electron chi connectivity index (χ2n) is 9.94. The van der Waals surface area contributed by atoms with E-state index in [1.165, 1.54) is 36.4 Å². The van der Waals surface area contributed by atoms with Gasteiger partial charge in [0.1, 0.15) is 35.7 Å². The summed E-state index contributed by atoms with van der Waals surface area (Å²) < 4.78 is 69.5. The summed E-state index contributed by atoms with van der Waals surface area (Å²) in [5.41, 5.74) is 4.97. The first-order chi connectivity index (χ1) is 22.2. The van der Waals surface area contributed by atoms with Gasteiger partial charge in [0.05, 0.1) is 22.5 Å². The molecular weight excluding hydrogens is 732 g/mol. The van der Waals surface area contributed by atoms with Crippen molar-refractivity contribution in [3.8, 4) is 45.0 Å². The van der Waals surface area contributed by atoms with Crippen LogP contribution in [0.15, 0.2) is 106 Å². The van der Waals surface area contributed by atoms with Gasteiger partial charge in [0.2, 0.25) is 5.69 Å². The largest absolute Gasteiger partial charge is 0.362 e. The molecule has 0 unspecified atom stereocenters. The number of aromatic nitrogens is 4. The van der Waals surface area contributed by atoms with Crippen LogP contribution in [0.3, 0.4) is 0 Å². The standard InChI is InChI=1S/2C17H13BrF2N2O/c1-23-10-22-16(11-5-7-12(19)8-6-11)9-15(21-22)17-13(18)3-2-4-14(17)20;1-23-10-22-16(17-13(18)3-2-4-14(17)20)9-15(21-22)11-5-7-12(19)8-6-11/h2*2-9H,10H2,1H3/p+1. The van der Waals surface area contributed by atoms with Crippen molar-refractivity contribution in [3.05, 3.63) is 129 Å². The van der Waals surface area contributed by atoms with Gasteiger partial charge < -0.3 is 9.47 Å². The molecule has 0 aliphatic carbocycles. The zero-order chi connectivity index (χ0) is 32.8. The third-order valence-electron chi connectivity index (χ3n) is 6.85. The molecule has 2 aromatic heterocycles. The SMILES string of the molecule is COC[n+]1[nH]c(-c2ccc(F)cc2)cc1-c1c(F)cccc1Br.COCn1nc(-c2c(F)cccc2Br)cc1-c1ccc(F)cc1. The van der Waals surface area contributed by atoms with Crippen molar-refractivity contribution in [1.29, 1.82) is 0 Å².